The van der Waals surface area contributed by atoms with Gasteiger partial charge in [-0.2, -0.15) is 4.31 Å². The van der Waals surface area contributed by atoms with Gasteiger partial charge in [-0.15, -0.1) is 0 Å². The molecule has 2 N–H and O–H groups in total. The van der Waals surface area contributed by atoms with Gasteiger partial charge in [0.2, 0.25) is 10.0 Å². The Morgan fingerprint density at radius 1 is 1.09 bits per heavy atom. The molecule has 0 radical (unpaired) electrons. The van der Waals surface area contributed by atoms with Crippen LogP contribution in [0.2, 0.25) is 0 Å². The van der Waals surface area contributed by atoms with Crippen molar-refractivity contribution in [1.29, 1.82) is 0 Å². The molecule has 3 rings (SSSR count). The minimum absolute atomic E-state index is 0.0513. The molecular weight excluding hydrogens is 434 g/mol. The number of carbonyl (C=O) groups is 2. The van der Waals surface area contributed by atoms with Crippen LogP contribution >= 0.6 is 0 Å². The SMILES string of the molecule is COCCOC(=O)c1c(C)[nH]c(C(=O)Nc2ccccc2S(=O)(=O)N2CCCCC2)c1C. The van der Waals surface area contributed by atoms with E-state index in [1.807, 2.05) is 0 Å². The summed E-state index contributed by atoms with van der Waals surface area (Å²) in [6.45, 7) is 4.61. The maximum absolute atomic E-state index is 13.2. The van der Waals surface area contributed by atoms with Gasteiger partial charge in [0.25, 0.3) is 5.91 Å². The number of benzene rings is 1. The van der Waals surface area contributed by atoms with E-state index < -0.39 is 21.9 Å². The zero-order valence-electron chi connectivity index (χ0n) is 18.6. The topological polar surface area (TPSA) is 118 Å². The molecule has 2 heterocycles. The number of amides is 1. The number of piperidine rings is 1. The normalized spacial score (nSPS) is 14.8. The number of nitrogens with zero attached hydrogens (tertiary/aromatic N) is 1. The fourth-order valence-corrected chi connectivity index (χ4v) is 5.46. The Bertz CT molecular complexity index is 1090. The highest BCUT2D eigenvalue weighted by molar-refractivity contribution is 7.89. The van der Waals surface area contributed by atoms with Crippen LogP contribution in [0.25, 0.3) is 0 Å². The highest BCUT2D eigenvalue weighted by Crippen LogP contribution is 2.28. The molecule has 1 aliphatic rings. The first-order chi connectivity index (χ1) is 15.3. The second-order valence-electron chi connectivity index (χ2n) is 7.67. The molecule has 0 atom stereocenters. The summed E-state index contributed by atoms with van der Waals surface area (Å²) >= 11 is 0. The molecule has 10 heteroatoms. The average molecular weight is 464 g/mol. The van der Waals surface area contributed by atoms with Gasteiger partial charge in [-0.1, -0.05) is 18.6 Å². The number of methoxy groups -OCH3 is 1. The van der Waals surface area contributed by atoms with Crippen LogP contribution in [0.15, 0.2) is 29.2 Å². The van der Waals surface area contributed by atoms with Gasteiger partial charge in [-0.3, -0.25) is 4.79 Å². The third-order valence-corrected chi connectivity index (χ3v) is 7.41. The molecule has 9 nitrogen and oxygen atoms in total. The van der Waals surface area contributed by atoms with Crippen LogP contribution in [0.3, 0.4) is 0 Å². The minimum Gasteiger partial charge on any atom is -0.460 e. The molecule has 0 unspecified atom stereocenters. The number of anilines is 1. The molecule has 32 heavy (non-hydrogen) atoms. The van der Waals surface area contributed by atoms with Crippen molar-refractivity contribution in [2.45, 2.75) is 38.0 Å². The first-order valence-electron chi connectivity index (χ1n) is 10.5. The first kappa shape index (κ1) is 24.0. The molecule has 0 aliphatic carbocycles. The maximum atomic E-state index is 13.2. The lowest BCUT2D eigenvalue weighted by Crippen LogP contribution is -2.36. The van der Waals surface area contributed by atoms with Gasteiger partial charge < -0.3 is 19.8 Å². The Morgan fingerprint density at radius 3 is 2.47 bits per heavy atom. The van der Waals surface area contributed by atoms with E-state index in [9.17, 15) is 18.0 Å². The Kier molecular flexibility index (Phi) is 7.70. The van der Waals surface area contributed by atoms with Gasteiger partial charge >= 0.3 is 5.97 Å². The van der Waals surface area contributed by atoms with Crippen LogP contribution in [0.1, 0.15) is 51.4 Å². The Hall–Kier alpha value is -2.69. The monoisotopic (exact) mass is 463 g/mol. The van der Waals surface area contributed by atoms with Gasteiger partial charge in [0.1, 0.15) is 17.2 Å². The maximum Gasteiger partial charge on any atom is 0.340 e. The number of ether oxygens (including phenoxy) is 2. The van der Waals surface area contributed by atoms with E-state index >= 15 is 0 Å². The molecule has 1 amide bonds. The predicted molar refractivity (Wildman–Crippen MR) is 119 cm³/mol. The number of sulfonamides is 1. The largest absolute Gasteiger partial charge is 0.460 e. The second-order valence-corrected chi connectivity index (χ2v) is 9.58. The number of aromatic nitrogens is 1. The van der Waals surface area contributed by atoms with Crippen molar-refractivity contribution in [1.82, 2.24) is 9.29 Å². The highest BCUT2D eigenvalue weighted by Gasteiger charge is 2.29. The second kappa shape index (κ2) is 10.3. The zero-order valence-corrected chi connectivity index (χ0v) is 19.4. The number of hydrogen-bond donors (Lipinski definition) is 2. The third-order valence-electron chi connectivity index (χ3n) is 5.46. The third kappa shape index (κ3) is 5.03. The van der Waals surface area contributed by atoms with E-state index in [-0.39, 0.29) is 35.1 Å². The summed E-state index contributed by atoms with van der Waals surface area (Å²) in [5.74, 6) is -1.09. The lowest BCUT2D eigenvalue weighted by atomic mass is 10.1. The number of carbonyl (C=O) groups excluding carboxylic acids is 2. The molecule has 0 spiro atoms. The van der Waals surface area contributed by atoms with Crippen LogP contribution in [-0.4, -0.2) is 63.0 Å². The van der Waals surface area contributed by atoms with Crippen LogP contribution in [0, 0.1) is 13.8 Å². The van der Waals surface area contributed by atoms with Gasteiger partial charge in [0, 0.05) is 25.9 Å². The summed E-state index contributed by atoms with van der Waals surface area (Å²) in [5, 5.41) is 2.70. The summed E-state index contributed by atoms with van der Waals surface area (Å²) in [6.07, 6.45) is 2.64. The lowest BCUT2D eigenvalue weighted by Gasteiger charge is -2.26. The quantitative estimate of drug-likeness (QED) is 0.459. The van der Waals surface area contributed by atoms with Crippen LogP contribution in [0.4, 0.5) is 5.69 Å². The molecule has 1 aromatic carbocycles. The molecule has 1 fully saturated rings. The molecule has 0 bridgehead atoms. The number of esters is 1. The van der Waals surface area contributed by atoms with Gasteiger partial charge in [-0.05, 0) is 44.4 Å². The summed E-state index contributed by atoms with van der Waals surface area (Å²) in [6, 6.07) is 6.34. The van der Waals surface area contributed by atoms with Gasteiger partial charge in [0.05, 0.1) is 17.9 Å². The Morgan fingerprint density at radius 2 is 1.78 bits per heavy atom. The summed E-state index contributed by atoms with van der Waals surface area (Å²) in [4.78, 5) is 28.4. The number of para-hydroxylation sites is 1. The highest BCUT2D eigenvalue weighted by atomic mass is 32.2. The van der Waals surface area contributed by atoms with E-state index in [0.29, 0.717) is 24.3 Å². The standard InChI is InChI=1S/C22H29N3O6S/c1-15-19(22(27)31-14-13-30-3)16(2)23-20(15)21(26)24-17-9-5-6-10-18(17)32(28,29)25-11-7-4-8-12-25/h5-6,9-10,23H,4,7-8,11-14H2,1-3H3,(H,24,26). The Balaban J connectivity index is 1.85. The first-order valence-corrected chi connectivity index (χ1v) is 12.0. The van der Waals surface area contributed by atoms with E-state index in [0.717, 1.165) is 19.3 Å². The van der Waals surface area contributed by atoms with Crippen molar-refractivity contribution in [2.75, 3.05) is 38.7 Å². The van der Waals surface area contributed by atoms with E-state index in [4.69, 9.17) is 9.47 Å². The summed E-state index contributed by atoms with van der Waals surface area (Å²) < 4.78 is 37.8. The molecule has 0 saturated carbocycles. The number of hydrogen-bond acceptors (Lipinski definition) is 6. The van der Waals surface area contributed by atoms with Crippen LogP contribution in [0.5, 0.6) is 0 Å². The van der Waals surface area contributed by atoms with Gasteiger partial charge in [0.15, 0.2) is 0 Å². The summed E-state index contributed by atoms with van der Waals surface area (Å²) in [7, 11) is -2.23. The number of aromatic amines is 1. The van der Waals surface area contributed by atoms with Crippen LogP contribution < -0.4 is 5.32 Å². The molecule has 1 aromatic heterocycles. The molecule has 2 aromatic rings. The van der Waals surface area contributed by atoms with Crippen molar-refractivity contribution in [3.8, 4) is 0 Å². The number of aryl methyl sites for hydroxylation is 1. The fourth-order valence-electron chi connectivity index (χ4n) is 3.80. The molecule has 1 saturated heterocycles. The van der Waals surface area contributed by atoms with Crippen LogP contribution in [-0.2, 0) is 19.5 Å². The number of rotatable bonds is 8. The minimum atomic E-state index is -3.74. The van der Waals surface area contributed by atoms with E-state index in [2.05, 4.69) is 10.3 Å². The van der Waals surface area contributed by atoms with E-state index in [1.54, 1.807) is 32.0 Å². The molecule has 174 valence electrons. The number of nitrogens with one attached hydrogen (secondary N) is 2. The van der Waals surface area contributed by atoms with E-state index in [1.165, 1.54) is 17.5 Å². The van der Waals surface area contributed by atoms with Crippen molar-refractivity contribution in [3.63, 3.8) is 0 Å². The molecule has 1 aliphatic heterocycles. The lowest BCUT2D eigenvalue weighted by molar-refractivity contribution is 0.0386. The molecular formula is C22H29N3O6S. The zero-order chi connectivity index (χ0) is 23.3. The Labute approximate surface area is 188 Å². The van der Waals surface area contributed by atoms with Crippen molar-refractivity contribution in [3.05, 3.63) is 46.8 Å². The number of H-pyrrole nitrogens is 1. The average Bonchev–Trinajstić information content (AvgIpc) is 3.08. The van der Waals surface area contributed by atoms with Gasteiger partial charge in [-0.25, -0.2) is 13.2 Å². The summed E-state index contributed by atoms with van der Waals surface area (Å²) in [5.41, 5.74) is 1.56. The smallest absolute Gasteiger partial charge is 0.340 e. The fraction of sp³-hybridized carbons (Fsp3) is 0.455. The van der Waals surface area contributed by atoms with Crippen molar-refractivity contribution >= 4 is 27.6 Å². The predicted octanol–water partition coefficient (Wildman–Crippen LogP) is 2.86. The van der Waals surface area contributed by atoms with Crippen molar-refractivity contribution < 1.29 is 27.5 Å². The van der Waals surface area contributed by atoms with Crippen molar-refractivity contribution in [2.24, 2.45) is 0 Å².